The van der Waals surface area contributed by atoms with Crippen molar-refractivity contribution in [3.05, 3.63) is 12.4 Å². The van der Waals surface area contributed by atoms with Gasteiger partial charge in [-0.15, -0.1) is 0 Å². The van der Waals surface area contributed by atoms with E-state index in [1.165, 1.54) is 315 Å². The summed E-state index contributed by atoms with van der Waals surface area (Å²) in [7, 11) is 0. The molecule has 1 rings (SSSR count). The summed E-state index contributed by atoms with van der Waals surface area (Å²) in [6.45, 7) is 9.50. The molecule has 1 unspecified atom stereocenters. The first-order chi connectivity index (χ1) is 28.3. The van der Waals surface area contributed by atoms with Crippen molar-refractivity contribution >= 4 is 0 Å². The average Bonchev–Trinajstić information content (AvgIpc) is 3.61. The third-order valence-corrected chi connectivity index (χ3v) is 13.6. The lowest BCUT2D eigenvalue weighted by Gasteiger charge is -2.33. The van der Waals surface area contributed by atoms with E-state index in [0.717, 1.165) is 0 Å². The third kappa shape index (κ3) is 38.0. The Kier molecular flexibility index (Phi) is 44.3. The minimum absolute atomic E-state index is 0.634. The predicted octanol–water partition coefficient (Wildman–Crippen LogP) is 19.8. The highest BCUT2D eigenvalue weighted by molar-refractivity contribution is 4.97. The fraction of sp³-hybridized carbons (Fsp3) is 0.964. The van der Waals surface area contributed by atoms with Gasteiger partial charge >= 0.3 is 0 Å². The topological polar surface area (TPSA) is 6.48 Å². The van der Waals surface area contributed by atoms with Crippen LogP contribution in [0.25, 0.3) is 0 Å². The molecule has 2 nitrogen and oxygen atoms in total. The van der Waals surface area contributed by atoms with Gasteiger partial charge in [0.05, 0.1) is 0 Å². The predicted molar refractivity (Wildman–Crippen MR) is 260 cm³/mol. The lowest BCUT2D eigenvalue weighted by atomic mass is 10.0. The van der Waals surface area contributed by atoms with Crippen LogP contribution >= 0.6 is 0 Å². The van der Waals surface area contributed by atoms with E-state index < -0.39 is 0 Å². The summed E-state index contributed by atoms with van der Waals surface area (Å²) in [6, 6.07) is 0. The van der Waals surface area contributed by atoms with E-state index in [9.17, 15) is 0 Å². The Labute approximate surface area is 362 Å². The van der Waals surface area contributed by atoms with E-state index in [-0.39, 0.29) is 0 Å². The van der Waals surface area contributed by atoms with Crippen LogP contribution < -0.4 is 0 Å². The second-order valence-corrected chi connectivity index (χ2v) is 19.2. The second-order valence-electron chi connectivity index (χ2n) is 19.2. The van der Waals surface area contributed by atoms with E-state index in [1.54, 1.807) is 0 Å². The normalized spacial score (nSPS) is 14.2. The minimum Gasteiger partial charge on any atom is -0.356 e. The molecule has 0 aromatic carbocycles. The van der Waals surface area contributed by atoms with Crippen molar-refractivity contribution in [2.45, 2.75) is 329 Å². The molecule has 1 aliphatic rings. The zero-order valence-electron chi connectivity index (χ0n) is 40.3. The maximum Gasteiger partial charge on any atom is 0.101 e. The molecule has 1 aliphatic heterocycles. The quantitative estimate of drug-likeness (QED) is 0.0566. The Balaban J connectivity index is 2.18. The zero-order chi connectivity index (χ0) is 40.8. The zero-order valence-corrected chi connectivity index (χ0v) is 40.3. The first-order valence-electron chi connectivity index (χ1n) is 27.5. The van der Waals surface area contributed by atoms with Crippen molar-refractivity contribution in [1.29, 1.82) is 0 Å². The summed E-state index contributed by atoms with van der Waals surface area (Å²) in [5.41, 5.74) is 0. The summed E-state index contributed by atoms with van der Waals surface area (Å²) in [5, 5.41) is 0. The number of hydrogen-bond acceptors (Lipinski definition) is 2. The van der Waals surface area contributed by atoms with E-state index in [4.69, 9.17) is 0 Å². The fourth-order valence-electron chi connectivity index (χ4n) is 9.55. The SMILES string of the molecule is CCCCCCCCCCCCCCCCCCCN1C=CN(CCCCCCCCCCCCCCCCCC)C1CCCCCCCCCCCCCCC. The summed E-state index contributed by atoms with van der Waals surface area (Å²) in [5.74, 6) is 0. The van der Waals surface area contributed by atoms with Gasteiger partial charge in [0, 0.05) is 25.5 Å². The van der Waals surface area contributed by atoms with Gasteiger partial charge in [0.2, 0.25) is 0 Å². The molecule has 1 heterocycles. The van der Waals surface area contributed by atoms with E-state index in [2.05, 4.69) is 43.0 Å². The van der Waals surface area contributed by atoms with Crippen molar-refractivity contribution < 1.29 is 0 Å². The Morgan fingerprint density at radius 2 is 0.404 bits per heavy atom. The maximum atomic E-state index is 2.75. The smallest absolute Gasteiger partial charge is 0.101 e. The Morgan fingerprint density at radius 1 is 0.228 bits per heavy atom. The van der Waals surface area contributed by atoms with Gasteiger partial charge in [0.1, 0.15) is 6.17 Å². The van der Waals surface area contributed by atoms with Crippen molar-refractivity contribution in [2.75, 3.05) is 13.1 Å². The standard InChI is InChI=1S/C55H110N2/c1-4-7-10-13-16-19-22-25-27-29-31-34-37-40-43-46-49-52-57-54-53-56(55(57)50-47-44-41-38-35-32-24-21-18-15-12-9-6-3)51-48-45-42-39-36-33-30-28-26-23-20-17-14-11-8-5-2/h53-55H,4-52H2,1-3H3. The number of nitrogens with zero attached hydrogens (tertiary/aromatic N) is 2. The molecule has 0 saturated heterocycles. The molecular formula is C55H110N2. The molecule has 1 atom stereocenters. The largest absolute Gasteiger partial charge is 0.356 e. The first-order valence-corrected chi connectivity index (χ1v) is 27.5. The van der Waals surface area contributed by atoms with Gasteiger partial charge in [-0.3, -0.25) is 0 Å². The molecule has 0 saturated carbocycles. The molecule has 0 amide bonds. The average molecular weight is 799 g/mol. The van der Waals surface area contributed by atoms with Crippen LogP contribution in [-0.2, 0) is 0 Å². The van der Waals surface area contributed by atoms with E-state index >= 15 is 0 Å². The van der Waals surface area contributed by atoms with Gasteiger partial charge < -0.3 is 9.80 Å². The monoisotopic (exact) mass is 799 g/mol. The van der Waals surface area contributed by atoms with Crippen molar-refractivity contribution in [3.8, 4) is 0 Å². The molecule has 0 aromatic rings. The highest BCUT2D eigenvalue weighted by atomic mass is 15.4. The summed E-state index contributed by atoms with van der Waals surface area (Å²) < 4.78 is 0. The fourth-order valence-corrected chi connectivity index (χ4v) is 9.55. The summed E-state index contributed by atoms with van der Waals surface area (Å²) in [4.78, 5) is 5.50. The highest BCUT2D eigenvalue weighted by Crippen LogP contribution is 2.24. The molecule has 0 aromatic heterocycles. The van der Waals surface area contributed by atoms with Crippen LogP contribution in [0.2, 0.25) is 0 Å². The number of unbranched alkanes of at least 4 members (excludes halogenated alkanes) is 43. The second kappa shape index (κ2) is 46.4. The molecule has 57 heavy (non-hydrogen) atoms. The Bertz CT molecular complexity index is 762. The number of hydrogen-bond donors (Lipinski definition) is 0. The van der Waals surface area contributed by atoms with Crippen LogP contribution in [0.1, 0.15) is 323 Å². The lowest BCUT2D eigenvalue weighted by Crippen LogP contribution is -2.39. The van der Waals surface area contributed by atoms with Gasteiger partial charge in [-0.2, -0.15) is 0 Å². The first kappa shape index (κ1) is 54.4. The van der Waals surface area contributed by atoms with Crippen molar-refractivity contribution in [2.24, 2.45) is 0 Å². The Hall–Kier alpha value is -0.660. The highest BCUT2D eigenvalue weighted by Gasteiger charge is 2.25. The van der Waals surface area contributed by atoms with Crippen LogP contribution in [0.3, 0.4) is 0 Å². The van der Waals surface area contributed by atoms with Gasteiger partial charge in [-0.1, -0.05) is 297 Å². The van der Waals surface area contributed by atoms with Crippen LogP contribution in [0.5, 0.6) is 0 Å². The molecule has 2 heteroatoms. The molecule has 0 aliphatic carbocycles. The minimum atomic E-state index is 0.634. The van der Waals surface area contributed by atoms with Crippen LogP contribution in [0, 0.1) is 0 Å². The van der Waals surface area contributed by atoms with Gasteiger partial charge in [-0.05, 0) is 25.7 Å². The molecule has 0 bridgehead atoms. The van der Waals surface area contributed by atoms with Crippen LogP contribution in [0.15, 0.2) is 12.4 Å². The van der Waals surface area contributed by atoms with E-state index in [0.29, 0.717) is 6.17 Å². The Morgan fingerprint density at radius 3 is 0.614 bits per heavy atom. The van der Waals surface area contributed by atoms with Gasteiger partial charge in [0.25, 0.3) is 0 Å². The van der Waals surface area contributed by atoms with Gasteiger partial charge in [-0.25, -0.2) is 0 Å². The van der Waals surface area contributed by atoms with Gasteiger partial charge in [0.15, 0.2) is 0 Å². The molecule has 0 radical (unpaired) electrons. The molecule has 0 spiro atoms. The molecule has 0 fully saturated rings. The lowest BCUT2D eigenvalue weighted by molar-refractivity contribution is 0.135. The summed E-state index contributed by atoms with van der Waals surface area (Å²) in [6.07, 6.45) is 73.8. The van der Waals surface area contributed by atoms with Crippen molar-refractivity contribution in [3.63, 3.8) is 0 Å². The molecule has 0 N–H and O–H groups in total. The van der Waals surface area contributed by atoms with E-state index in [1.807, 2.05) is 0 Å². The van der Waals surface area contributed by atoms with Crippen LogP contribution in [0.4, 0.5) is 0 Å². The third-order valence-electron chi connectivity index (χ3n) is 13.6. The molecular weight excluding hydrogens is 689 g/mol. The number of rotatable bonds is 49. The molecule has 340 valence electrons. The van der Waals surface area contributed by atoms with Crippen LogP contribution in [-0.4, -0.2) is 29.1 Å². The summed E-state index contributed by atoms with van der Waals surface area (Å²) >= 11 is 0. The maximum absolute atomic E-state index is 2.75. The van der Waals surface area contributed by atoms with Crippen molar-refractivity contribution in [1.82, 2.24) is 9.80 Å².